The number of halogens is 1. The van der Waals surface area contributed by atoms with Gasteiger partial charge in [-0.1, -0.05) is 6.92 Å². The third-order valence-electron chi connectivity index (χ3n) is 4.01. The summed E-state index contributed by atoms with van der Waals surface area (Å²) in [6.07, 6.45) is 2.37. The fourth-order valence-corrected chi connectivity index (χ4v) is 2.85. The second kappa shape index (κ2) is 6.22. The smallest absolute Gasteiger partial charge is 0.338 e. The molecule has 4 nitrogen and oxygen atoms in total. The Bertz CT molecular complexity index is 493. The third-order valence-corrected chi connectivity index (χ3v) is 4.01. The SMILES string of the molecule is CCN1CCCC1CN(C)c1ccc(C(=O)O)c(F)c1. The van der Waals surface area contributed by atoms with Gasteiger partial charge in [0, 0.05) is 25.3 Å². The minimum Gasteiger partial charge on any atom is -0.478 e. The van der Waals surface area contributed by atoms with Gasteiger partial charge >= 0.3 is 5.97 Å². The number of aromatic carboxylic acids is 1. The maximum absolute atomic E-state index is 13.7. The highest BCUT2D eigenvalue weighted by Crippen LogP contribution is 2.22. The number of hydrogen-bond donors (Lipinski definition) is 1. The van der Waals surface area contributed by atoms with Gasteiger partial charge in [-0.25, -0.2) is 9.18 Å². The number of benzene rings is 1. The largest absolute Gasteiger partial charge is 0.478 e. The Balaban J connectivity index is 2.07. The number of rotatable bonds is 5. The summed E-state index contributed by atoms with van der Waals surface area (Å²) >= 11 is 0. The molecule has 1 aliphatic rings. The molecule has 110 valence electrons. The van der Waals surface area contributed by atoms with Crippen LogP contribution in [0.1, 0.15) is 30.1 Å². The first-order valence-corrected chi connectivity index (χ1v) is 7.01. The normalized spacial score (nSPS) is 19.2. The third kappa shape index (κ3) is 3.10. The van der Waals surface area contributed by atoms with E-state index in [0.29, 0.717) is 6.04 Å². The molecule has 1 atom stereocenters. The summed E-state index contributed by atoms with van der Waals surface area (Å²) in [6.45, 7) is 5.14. The summed E-state index contributed by atoms with van der Waals surface area (Å²) in [5.41, 5.74) is 0.439. The average molecular weight is 280 g/mol. The number of carboxylic acid groups (broad SMARTS) is 1. The van der Waals surface area contributed by atoms with Crippen molar-refractivity contribution in [3.05, 3.63) is 29.6 Å². The van der Waals surface area contributed by atoms with E-state index in [0.717, 1.165) is 31.7 Å². The second-order valence-electron chi connectivity index (χ2n) is 5.27. The van der Waals surface area contributed by atoms with Crippen LogP contribution < -0.4 is 4.90 Å². The van der Waals surface area contributed by atoms with Crippen molar-refractivity contribution in [1.29, 1.82) is 0 Å². The molecular weight excluding hydrogens is 259 g/mol. The Kier molecular flexibility index (Phi) is 4.60. The molecule has 0 saturated carbocycles. The molecule has 1 aromatic rings. The van der Waals surface area contributed by atoms with Crippen LogP contribution in [0, 0.1) is 5.82 Å². The molecule has 1 aliphatic heterocycles. The van der Waals surface area contributed by atoms with Crippen LogP contribution in [0.4, 0.5) is 10.1 Å². The Labute approximate surface area is 118 Å². The number of carboxylic acids is 1. The molecule has 2 rings (SSSR count). The first-order valence-electron chi connectivity index (χ1n) is 7.01. The standard InChI is InChI=1S/C15H21FN2O2/c1-3-18-8-4-5-12(18)10-17(2)11-6-7-13(15(19)20)14(16)9-11/h6-7,9,12H,3-5,8,10H2,1-2H3,(H,19,20). The van der Waals surface area contributed by atoms with Crippen molar-refractivity contribution in [1.82, 2.24) is 4.90 Å². The molecule has 20 heavy (non-hydrogen) atoms. The molecule has 1 aromatic carbocycles. The summed E-state index contributed by atoms with van der Waals surface area (Å²) in [4.78, 5) is 15.2. The summed E-state index contributed by atoms with van der Waals surface area (Å²) in [5, 5.41) is 8.83. The van der Waals surface area contributed by atoms with Gasteiger partial charge in [0.2, 0.25) is 0 Å². The molecule has 0 aliphatic carbocycles. The van der Waals surface area contributed by atoms with Gasteiger partial charge in [0.05, 0.1) is 5.56 Å². The lowest BCUT2D eigenvalue weighted by Crippen LogP contribution is -2.38. The Hall–Kier alpha value is -1.62. The molecule has 0 aromatic heterocycles. The lowest BCUT2D eigenvalue weighted by atomic mass is 10.1. The predicted octanol–water partition coefficient (Wildman–Crippen LogP) is 2.44. The zero-order valence-corrected chi connectivity index (χ0v) is 12.0. The van der Waals surface area contributed by atoms with Crippen LogP contribution in [0.15, 0.2) is 18.2 Å². The number of carbonyl (C=O) groups is 1. The number of likely N-dealkylation sites (N-methyl/N-ethyl adjacent to an activating group) is 2. The van der Waals surface area contributed by atoms with Crippen LogP contribution in [0.25, 0.3) is 0 Å². The zero-order chi connectivity index (χ0) is 14.7. The van der Waals surface area contributed by atoms with Crippen molar-refractivity contribution >= 4 is 11.7 Å². The summed E-state index contributed by atoms with van der Waals surface area (Å²) in [6, 6.07) is 4.79. The highest BCUT2D eigenvalue weighted by molar-refractivity contribution is 5.88. The van der Waals surface area contributed by atoms with Gasteiger partial charge in [-0.3, -0.25) is 4.90 Å². The highest BCUT2D eigenvalue weighted by atomic mass is 19.1. The second-order valence-corrected chi connectivity index (χ2v) is 5.27. The molecular formula is C15H21FN2O2. The summed E-state index contributed by atoms with van der Waals surface area (Å²) in [7, 11) is 1.92. The minimum absolute atomic E-state index is 0.279. The van der Waals surface area contributed by atoms with Gasteiger partial charge in [0.1, 0.15) is 5.82 Å². The van der Waals surface area contributed by atoms with E-state index in [4.69, 9.17) is 5.11 Å². The van der Waals surface area contributed by atoms with Crippen molar-refractivity contribution in [2.45, 2.75) is 25.8 Å². The van der Waals surface area contributed by atoms with E-state index < -0.39 is 11.8 Å². The van der Waals surface area contributed by atoms with Gasteiger partial charge in [-0.2, -0.15) is 0 Å². The van der Waals surface area contributed by atoms with E-state index in [1.54, 1.807) is 6.07 Å². The fraction of sp³-hybridized carbons (Fsp3) is 0.533. The van der Waals surface area contributed by atoms with Crippen molar-refractivity contribution in [3.8, 4) is 0 Å². The summed E-state index contributed by atoms with van der Waals surface area (Å²) < 4.78 is 13.7. The maximum atomic E-state index is 13.7. The number of anilines is 1. The van der Waals surface area contributed by atoms with Gasteiger partial charge in [-0.05, 0) is 44.1 Å². The van der Waals surface area contributed by atoms with E-state index in [1.165, 1.54) is 18.6 Å². The highest BCUT2D eigenvalue weighted by Gasteiger charge is 2.24. The Morgan fingerprint density at radius 2 is 2.30 bits per heavy atom. The first-order chi connectivity index (χ1) is 9.52. The number of nitrogens with zero attached hydrogens (tertiary/aromatic N) is 2. The van der Waals surface area contributed by atoms with Gasteiger partial charge < -0.3 is 10.0 Å². The first kappa shape index (κ1) is 14.8. The van der Waals surface area contributed by atoms with Crippen LogP contribution in [0.5, 0.6) is 0 Å². The molecule has 1 N–H and O–H groups in total. The van der Waals surface area contributed by atoms with Crippen molar-refractivity contribution in [2.75, 3.05) is 31.6 Å². The molecule has 0 amide bonds. The predicted molar refractivity (Wildman–Crippen MR) is 76.9 cm³/mol. The average Bonchev–Trinajstić information content (AvgIpc) is 2.85. The van der Waals surface area contributed by atoms with Crippen molar-refractivity contribution in [2.24, 2.45) is 0 Å². The molecule has 1 saturated heterocycles. The molecule has 0 bridgehead atoms. The van der Waals surface area contributed by atoms with E-state index in [-0.39, 0.29) is 5.56 Å². The number of hydrogen-bond acceptors (Lipinski definition) is 3. The van der Waals surface area contributed by atoms with Gasteiger partial charge in [0.15, 0.2) is 0 Å². The monoisotopic (exact) mass is 280 g/mol. The van der Waals surface area contributed by atoms with Crippen LogP contribution >= 0.6 is 0 Å². The van der Waals surface area contributed by atoms with Crippen molar-refractivity contribution in [3.63, 3.8) is 0 Å². The topological polar surface area (TPSA) is 43.8 Å². The fourth-order valence-electron chi connectivity index (χ4n) is 2.85. The summed E-state index contributed by atoms with van der Waals surface area (Å²) in [5.74, 6) is -1.91. The van der Waals surface area contributed by atoms with E-state index in [1.807, 2.05) is 11.9 Å². The van der Waals surface area contributed by atoms with E-state index in [2.05, 4.69) is 11.8 Å². The number of likely N-dealkylation sites (tertiary alicyclic amines) is 1. The minimum atomic E-state index is -1.23. The molecule has 5 heteroatoms. The molecule has 1 unspecified atom stereocenters. The maximum Gasteiger partial charge on any atom is 0.338 e. The molecule has 0 spiro atoms. The van der Waals surface area contributed by atoms with Crippen LogP contribution in [0.3, 0.4) is 0 Å². The van der Waals surface area contributed by atoms with Crippen molar-refractivity contribution < 1.29 is 14.3 Å². The Morgan fingerprint density at radius 3 is 2.90 bits per heavy atom. The van der Waals surface area contributed by atoms with Gasteiger partial charge in [-0.15, -0.1) is 0 Å². The lowest BCUT2D eigenvalue weighted by Gasteiger charge is -2.29. The lowest BCUT2D eigenvalue weighted by molar-refractivity contribution is 0.0692. The van der Waals surface area contributed by atoms with E-state index in [9.17, 15) is 9.18 Å². The van der Waals surface area contributed by atoms with Crippen LogP contribution in [0.2, 0.25) is 0 Å². The Morgan fingerprint density at radius 1 is 1.55 bits per heavy atom. The van der Waals surface area contributed by atoms with Crippen LogP contribution in [-0.2, 0) is 0 Å². The zero-order valence-electron chi connectivity index (χ0n) is 12.0. The quantitative estimate of drug-likeness (QED) is 0.899. The van der Waals surface area contributed by atoms with E-state index >= 15 is 0 Å². The molecule has 1 fully saturated rings. The molecule has 0 radical (unpaired) electrons. The van der Waals surface area contributed by atoms with Crippen LogP contribution in [-0.4, -0.2) is 48.7 Å². The van der Waals surface area contributed by atoms with Gasteiger partial charge in [0.25, 0.3) is 0 Å². The molecule has 1 heterocycles.